The minimum absolute atomic E-state index is 0.0465. The van der Waals surface area contributed by atoms with Gasteiger partial charge in [-0.15, -0.1) is 0 Å². The summed E-state index contributed by atoms with van der Waals surface area (Å²) in [5, 5.41) is 23.1. The van der Waals surface area contributed by atoms with Crippen LogP contribution < -0.4 is 0 Å². The molecule has 0 aliphatic carbocycles. The fourth-order valence-electron chi connectivity index (χ4n) is 1.35. The van der Waals surface area contributed by atoms with E-state index in [0.717, 1.165) is 0 Å². The summed E-state index contributed by atoms with van der Waals surface area (Å²) < 4.78 is 9.94. The van der Waals surface area contributed by atoms with Crippen LogP contribution >= 0.6 is 0 Å². The zero-order chi connectivity index (χ0) is 12.4. The topological polar surface area (TPSA) is 105 Å². The minimum atomic E-state index is -0.625. The van der Waals surface area contributed by atoms with Crippen LogP contribution in [0.4, 0.5) is 5.88 Å². The number of nitrogens with one attached hydrogen (secondary N) is 1. The van der Waals surface area contributed by atoms with E-state index in [1.807, 2.05) is 6.92 Å². The van der Waals surface area contributed by atoms with Crippen molar-refractivity contribution in [1.82, 2.24) is 5.01 Å². The first kappa shape index (κ1) is 11.1. The van der Waals surface area contributed by atoms with E-state index in [4.69, 9.17) is 14.6 Å². The zero-order valence-corrected chi connectivity index (χ0v) is 8.99. The van der Waals surface area contributed by atoms with Crippen molar-refractivity contribution in [2.24, 2.45) is 5.10 Å². The second-order valence-electron chi connectivity index (χ2n) is 3.49. The van der Waals surface area contributed by atoms with Crippen LogP contribution in [0.2, 0.25) is 0 Å². The Kier molecular flexibility index (Phi) is 2.77. The molecular weight excluding hydrogens is 228 g/mol. The summed E-state index contributed by atoms with van der Waals surface area (Å²) >= 11 is 0. The summed E-state index contributed by atoms with van der Waals surface area (Å²) in [5.74, 6) is -0.0865. The largest absolute Gasteiger partial charge is 0.459 e. The molecular formula is C9H10N4O4. The lowest BCUT2D eigenvalue weighted by Gasteiger charge is -2.04. The van der Waals surface area contributed by atoms with E-state index in [1.54, 1.807) is 0 Å². The predicted molar refractivity (Wildman–Crippen MR) is 57.9 cm³/mol. The number of hydrazone groups is 1. The van der Waals surface area contributed by atoms with Crippen LogP contribution in [0, 0.1) is 15.5 Å². The van der Waals surface area contributed by atoms with Crippen molar-refractivity contribution < 1.29 is 14.1 Å². The van der Waals surface area contributed by atoms with E-state index in [-0.39, 0.29) is 23.8 Å². The van der Waals surface area contributed by atoms with Gasteiger partial charge in [0.15, 0.2) is 5.76 Å². The van der Waals surface area contributed by atoms with Gasteiger partial charge in [0.2, 0.25) is 0 Å². The predicted octanol–water partition coefficient (Wildman–Crippen LogP) is 1.18. The van der Waals surface area contributed by atoms with E-state index in [0.29, 0.717) is 6.54 Å². The first-order valence-electron chi connectivity index (χ1n) is 4.87. The molecule has 0 spiro atoms. The number of ether oxygens (including phenoxy) is 1. The van der Waals surface area contributed by atoms with Crippen LogP contribution in [0.1, 0.15) is 12.7 Å². The average Bonchev–Trinajstić information content (AvgIpc) is 2.82. The second-order valence-corrected chi connectivity index (χ2v) is 3.49. The number of rotatable bonds is 3. The number of amidine groups is 1. The summed E-state index contributed by atoms with van der Waals surface area (Å²) in [6.07, 6.45) is 1.22. The summed E-state index contributed by atoms with van der Waals surface area (Å²) in [7, 11) is 0. The molecule has 2 heterocycles. The van der Waals surface area contributed by atoms with Crippen molar-refractivity contribution in [2.75, 3.05) is 6.54 Å². The number of nitrogens with zero attached hydrogens (tertiary/aromatic N) is 3. The molecule has 8 nitrogen and oxygen atoms in total. The number of furan rings is 1. The molecule has 0 unspecified atom stereocenters. The standard InChI is InChI=1S/C9H10N4O4/c1-6-5-12(9(10)16-6)11-4-7-2-3-8(17-7)13(14)15/h2-4,6,10H,5H2,1H3/b10-9?,11-4+/t6-/m1/s1. The molecule has 90 valence electrons. The van der Waals surface area contributed by atoms with E-state index < -0.39 is 4.92 Å². The van der Waals surface area contributed by atoms with E-state index in [9.17, 15) is 10.1 Å². The molecule has 0 saturated carbocycles. The van der Waals surface area contributed by atoms with Gasteiger partial charge in [-0.25, -0.2) is 10.4 Å². The highest BCUT2D eigenvalue weighted by Gasteiger charge is 2.24. The molecule has 0 amide bonds. The lowest BCUT2D eigenvalue weighted by molar-refractivity contribution is -0.402. The first-order valence-corrected chi connectivity index (χ1v) is 4.87. The molecule has 8 heteroatoms. The second kappa shape index (κ2) is 4.24. The van der Waals surface area contributed by atoms with Crippen molar-refractivity contribution in [2.45, 2.75) is 13.0 Å². The molecule has 17 heavy (non-hydrogen) atoms. The zero-order valence-electron chi connectivity index (χ0n) is 8.99. The third kappa shape index (κ3) is 2.41. The van der Waals surface area contributed by atoms with Gasteiger partial charge in [0.1, 0.15) is 11.0 Å². The number of hydrogen-bond acceptors (Lipinski definition) is 6. The van der Waals surface area contributed by atoms with Gasteiger partial charge in [-0.3, -0.25) is 10.1 Å². The fourth-order valence-corrected chi connectivity index (χ4v) is 1.35. The molecule has 0 bridgehead atoms. The highest BCUT2D eigenvalue weighted by atomic mass is 16.6. The molecule has 1 aromatic rings. The van der Waals surface area contributed by atoms with E-state index >= 15 is 0 Å². The van der Waals surface area contributed by atoms with Crippen LogP contribution in [-0.2, 0) is 4.74 Å². The highest BCUT2D eigenvalue weighted by Crippen LogP contribution is 2.15. The Hall–Kier alpha value is -2.38. The molecule has 0 aromatic carbocycles. The summed E-state index contributed by atoms with van der Waals surface area (Å²) in [6.45, 7) is 2.29. The lowest BCUT2D eigenvalue weighted by atomic mass is 10.4. The molecule has 2 rings (SSSR count). The third-order valence-electron chi connectivity index (χ3n) is 2.09. The summed E-state index contributed by atoms with van der Waals surface area (Å²) in [6, 6.07) is 2.64. The summed E-state index contributed by atoms with van der Waals surface area (Å²) in [5.41, 5.74) is 0. The summed E-state index contributed by atoms with van der Waals surface area (Å²) in [4.78, 5) is 9.75. The smallest absolute Gasteiger partial charge is 0.433 e. The fraction of sp³-hybridized carbons (Fsp3) is 0.333. The molecule has 1 N–H and O–H groups in total. The molecule has 0 radical (unpaired) electrons. The van der Waals surface area contributed by atoms with Crippen LogP contribution in [0.25, 0.3) is 0 Å². The van der Waals surface area contributed by atoms with Gasteiger partial charge in [-0.05, 0) is 13.0 Å². The van der Waals surface area contributed by atoms with Crippen molar-refractivity contribution >= 4 is 18.1 Å². The van der Waals surface area contributed by atoms with Gasteiger partial charge in [0.25, 0.3) is 0 Å². The molecule has 1 saturated heterocycles. The van der Waals surface area contributed by atoms with Gasteiger partial charge in [0, 0.05) is 0 Å². The molecule has 1 aromatic heterocycles. The molecule has 1 atom stereocenters. The Balaban J connectivity index is 2.05. The Morgan fingerprint density at radius 3 is 3.00 bits per heavy atom. The first-order chi connectivity index (χ1) is 8.06. The lowest BCUT2D eigenvalue weighted by Crippen LogP contribution is -2.18. The van der Waals surface area contributed by atoms with Crippen LogP contribution in [0.3, 0.4) is 0 Å². The Morgan fingerprint density at radius 2 is 2.47 bits per heavy atom. The van der Waals surface area contributed by atoms with Gasteiger partial charge in [0.05, 0.1) is 18.8 Å². The number of nitro groups is 1. The molecule has 1 aliphatic rings. The van der Waals surface area contributed by atoms with Crippen LogP contribution in [0.5, 0.6) is 0 Å². The van der Waals surface area contributed by atoms with Gasteiger partial charge < -0.3 is 9.15 Å². The van der Waals surface area contributed by atoms with Gasteiger partial charge >= 0.3 is 11.9 Å². The molecule has 1 aliphatic heterocycles. The normalized spacial score (nSPS) is 19.9. The van der Waals surface area contributed by atoms with Crippen molar-refractivity contribution in [3.05, 3.63) is 28.0 Å². The maximum Gasteiger partial charge on any atom is 0.433 e. The van der Waals surface area contributed by atoms with E-state index in [2.05, 4.69) is 5.10 Å². The SMILES string of the molecule is C[C@@H]1CN(/N=C/c2ccc([N+](=O)[O-])o2)C(=N)O1. The van der Waals surface area contributed by atoms with Crippen molar-refractivity contribution in [1.29, 1.82) is 5.41 Å². The van der Waals surface area contributed by atoms with E-state index in [1.165, 1.54) is 23.4 Å². The highest BCUT2D eigenvalue weighted by molar-refractivity contribution is 5.79. The Morgan fingerprint density at radius 1 is 1.71 bits per heavy atom. The van der Waals surface area contributed by atoms with Crippen molar-refractivity contribution in [3.8, 4) is 0 Å². The minimum Gasteiger partial charge on any atom is -0.459 e. The average molecular weight is 238 g/mol. The monoisotopic (exact) mass is 238 g/mol. The molecule has 1 fully saturated rings. The maximum atomic E-state index is 10.4. The van der Waals surface area contributed by atoms with Gasteiger partial charge in [-0.2, -0.15) is 5.10 Å². The van der Waals surface area contributed by atoms with Gasteiger partial charge in [-0.1, -0.05) is 0 Å². The van der Waals surface area contributed by atoms with Crippen molar-refractivity contribution in [3.63, 3.8) is 0 Å². The Labute approximate surface area is 96.1 Å². The van der Waals surface area contributed by atoms with Crippen LogP contribution in [-0.4, -0.2) is 34.8 Å². The quantitative estimate of drug-likeness (QED) is 0.483. The third-order valence-corrected chi connectivity index (χ3v) is 2.09. The Bertz CT molecular complexity index is 481. The van der Waals surface area contributed by atoms with Crippen LogP contribution in [0.15, 0.2) is 21.7 Å². The maximum absolute atomic E-state index is 10.4. The number of hydrogen-bond donors (Lipinski definition) is 1.